The van der Waals surface area contributed by atoms with Crippen molar-refractivity contribution in [3.63, 3.8) is 0 Å². The van der Waals surface area contributed by atoms with Crippen LogP contribution >= 0.6 is 11.6 Å². The largest absolute Gasteiger partial charge is 0.481 e. The first-order chi connectivity index (χ1) is 10.5. The zero-order chi connectivity index (χ0) is 16.2. The van der Waals surface area contributed by atoms with Gasteiger partial charge in [0.25, 0.3) is 0 Å². The van der Waals surface area contributed by atoms with Crippen molar-refractivity contribution in [3.05, 3.63) is 34.9 Å². The zero-order valence-corrected chi connectivity index (χ0v) is 13.8. The Hall–Kier alpha value is -0.995. The van der Waals surface area contributed by atoms with Gasteiger partial charge in [0.15, 0.2) is 0 Å². The third-order valence-corrected chi connectivity index (χ3v) is 4.97. The Morgan fingerprint density at radius 1 is 1.41 bits per heavy atom. The zero-order valence-electron chi connectivity index (χ0n) is 13.0. The Morgan fingerprint density at radius 2 is 2.05 bits per heavy atom. The number of carboxylic acids is 1. The first-order valence-electron chi connectivity index (χ1n) is 7.95. The highest BCUT2D eigenvalue weighted by Gasteiger charge is 2.46. The lowest BCUT2D eigenvalue weighted by atomic mass is 9.51. The summed E-state index contributed by atoms with van der Waals surface area (Å²) in [5.41, 5.74) is 1.18. The Balaban J connectivity index is 1.80. The first-order valence-corrected chi connectivity index (χ1v) is 8.33. The molecule has 1 aliphatic rings. The molecule has 2 rings (SSSR count). The summed E-state index contributed by atoms with van der Waals surface area (Å²) < 4.78 is 0. The van der Waals surface area contributed by atoms with Crippen molar-refractivity contribution < 1.29 is 9.90 Å². The van der Waals surface area contributed by atoms with Crippen LogP contribution in [0.4, 0.5) is 0 Å². The number of halogens is 1. The summed E-state index contributed by atoms with van der Waals surface area (Å²) in [6, 6.07) is 8.10. The minimum atomic E-state index is -1.06. The molecule has 0 bridgehead atoms. The molecule has 22 heavy (non-hydrogen) atoms. The third-order valence-electron chi connectivity index (χ3n) is 4.72. The van der Waals surface area contributed by atoms with Crippen LogP contribution in [0.2, 0.25) is 10.3 Å². The fourth-order valence-corrected chi connectivity index (χ4v) is 3.15. The first kappa shape index (κ1) is 17.4. The van der Waals surface area contributed by atoms with Crippen LogP contribution in [0, 0.1) is 5.92 Å². The monoisotopic (exact) mass is 319 g/mol. The molecular formula is C17H23BClNO2. The third kappa shape index (κ3) is 4.05. The van der Waals surface area contributed by atoms with Crippen molar-refractivity contribution in [3.8, 4) is 0 Å². The summed E-state index contributed by atoms with van der Waals surface area (Å²) >= 11 is 5.86. The number of carbonyl (C=O) groups is 1. The molecule has 0 spiro atoms. The molecular weight excluding hydrogens is 296 g/mol. The van der Waals surface area contributed by atoms with Gasteiger partial charge in [0.1, 0.15) is 0 Å². The second-order valence-corrected chi connectivity index (χ2v) is 6.76. The molecule has 0 heterocycles. The van der Waals surface area contributed by atoms with Crippen molar-refractivity contribution in [2.24, 2.45) is 5.92 Å². The van der Waals surface area contributed by atoms with Crippen molar-refractivity contribution in [2.45, 2.75) is 56.9 Å². The van der Waals surface area contributed by atoms with Gasteiger partial charge in [-0.1, -0.05) is 43.5 Å². The number of hydrogen-bond acceptors (Lipinski definition) is 2. The van der Waals surface area contributed by atoms with Crippen LogP contribution in [0.1, 0.15) is 44.6 Å². The molecule has 5 heteroatoms. The predicted molar refractivity (Wildman–Crippen MR) is 90.4 cm³/mol. The van der Waals surface area contributed by atoms with Crippen molar-refractivity contribution in [1.29, 1.82) is 0 Å². The van der Waals surface area contributed by atoms with Gasteiger partial charge in [-0.25, -0.2) is 0 Å². The fourth-order valence-electron chi connectivity index (χ4n) is 3.02. The Kier molecular flexibility index (Phi) is 5.93. The molecule has 1 atom stereocenters. The van der Waals surface area contributed by atoms with Gasteiger partial charge in [0, 0.05) is 22.9 Å². The lowest BCUT2D eigenvalue weighted by Gasteiger charge is -2.46. The molecule has 1 aromatic carbocycles. The molecule has 0 aliphatic heterocycles. The van der Waals surface area contributed by atoms with Crippen LogP contribution in [-0.4, -0.2) is 25.0 Å². The summed E-state index contributed by atoms with van der Waals surface area (Å²) in [4.78, 5) is 11.5. The lowest BCUT2D eigenvalue weighted by Crippen LogP contribution is -2.48. The van der Waals surface area contributed by atoms with E-state index in [0.717, 1.165) is 37.3 Å². The summed E-state index contributed by atoms with van der Waals surface area (Å²) in [6.45, 7) is 2.83. The average molecular weight is 320 g/mol. The molecule has 1 saturated carbocycles. The number of hydrogen-bond donors (Lipinski definition) is 2. The highest BCUT2D eigenvalue weighted by Crippen LogP contribution is 2.49. The number of rotatable bonds is 8. The van der Waals surface area contributed by atoms with E-state index in [1.165, 1.54) is 5.56 Å². The van der Waals surface area contributed by atoms with E-state index in [-0.39, 0.29) is 5.92 Å². The second-order valence-electron chi connectivity index (χ2n) is 6.32. The molecule has 0 aromatic heterocycles. The van der Waals surface area contributed by atoms with Crippen LogP contribution in [0.25, 0.3) is 0 Å². The average Bonchev–Trinajstić information content (AvgIpc) is 2.45. The second kappa shape index (κ2) is 7.52. The van der Waals surface area contributed by atoms with Crippen molar-refractivity contribution >= 4 is 25.4 Å². The topological polar surface area (TPSA) is 49.3 Å². The molecule has 1 aromatic rings. The van der Waals surface area contributed by atoms with E-state index in [4.69, 9.17) is 19.4 Å². The maximum Gasteiger partial charge on any atom is 0.300 e. The van der Waals surface area contributed by atoms with E-state index in [9.17, 15) is 9.90 Å². The maximum atomic E-state index is 11.5. The van der Waals surface area contributed by atoms with E-state index in [2.05, 4.69) is 12.2 Å². The van der Waals surface area contributed by atoms with Gasteiger partial charge in [-0.2, -0.15) is 0 Å². The molecule has 3 nitrogen and oxygen atoms in total. The Bertz CT molecular complexity index is 502. The van der Waals surface area contributed by atoms with E-state index in [1.807, 2.05) is 24.3 Å². The number of unbranched alkanes of at least 4 members (excludes halogenated alkanes) is 1. The van der Waals surface area contributed by atoms with E-state index in [1.54, 1.807) is 0 Å². The van der Waals surface area contributed by atoms with Crippen molar-refractivity contribution in [1.82, 2.24) is 5.32 Å². The number of benzene rings is 1. The van der Waals surface area contributed by atoms with E-state index >= 15 is 0 Å². The van der Waals surface area contributed by atoms with E-state index in [0.29, 0.717) is 12.5 Å². The van der Waals surface area contributed by atoms with Gasteiger partial charge in [-0.3, -0.25) is 4.79 Å². The Labute approximate surface area is 138 Å². The number of carboxylic acid groups (broad SMARTS) is 1. The highest BCUT2D eigenvalue weighted by atomic mass is 35.5. The SMILES string of the molecule is [B]C(CCCC)(C(=O)O)C1CC(NCc2ccc(Cl)cc2)C1. The standard InChI is InChI=1S/C17H23BClNO2/c1-2-3-8-17(18,16(21)22)13-9-15(10-13)20-11-12-4-6-14(19)7-5-12/h4-7,13,15,20H,2-3,8-11H2,1H3,(H,21,22). The van der Waals surface area contributed by atoms with Gasteiger partial charge >= 0.3 is 5.97 Å². The van der Waals surface area contributed by atoms with Gasteiger partial charge < -0.3 is 10.4 Å². The van der Waals surface area contributed by atoms with Gasteiger partial charge in [0.2, 0.25) is 0 Å². The van der Waals surface area contributed by atoms with Gasteiger partial charge in [-0.05, 0) is 42.9 Å². The molecule has 2 radical (unpaired) electrons. The molecule has 1 aliphatic carbocycles. The number of aliphatic carboxylic acids is 1. The molecule has 2 N–H and O–H groups in total. The maximum absolute atomic E-state index is 11.5. The molecule has 1 fully saturated rings. The molecule has 1 unspecified atom stereocenters. The molecule has 0 saturated heterocycles. The van der Waals surface area contributed by atoms with Gasteiger partial charge in [0.05, 0.1) is 7.85 Å². The normalized spacial score (nSPS) is 23.5. The quantitative estimate of drug-likeness (QED) is 0.716. The minimum Gasteiger partial charge on any atom is -0.481 e. The summed E-state index contributed by atoms with van der Waals surface area (Å²) in [5, 5.41) is 12.6. The fraction of sp³-hybridized carbons (Fsp3) is 0.588. The van der Waals surface area contributed by atoms with E-state index < -0.39 is 11.3 Å². The van der Waals surface area contributed by atoms with Crippen LogP contribution in [0.3, 0.4) is 0 Å². The minimum absolute atomic E-state index is 0.0688. The van der Waals surface area contributed by atoms with Crippen molar-refractivity contribution in [2.75, 3.05) is 0 Å². The lowest BCUT2D eigenvalue weighted by molar-refractivity contribution is -0.144. The summed E-state index contributed by atoms with van der Waals surface area (Å²) in [5.74, 6) is -0.790. The Morgan fingerprint density at radius 3 is 2.59 bits per heavy atom. The number of nitrogens with one attached hydrogen (secondary N) is 1. The van der Waals surface area contributed by atoms with Crippen LogP contribution < -0.4 is 5.32 Å². The highest BCUT2D eigenvalue weighted by molar-refractivity contribution is 6.30. The van der Waals surface area contributed by atoms with Gasteiger partial charge in [-0.15, -0.1) is 0 Å². The molecule has 118 valence electrons. The van der Waals surface area contributed by atoms with Crippen LogP contribution in [-0.2, 0) is 11.3 Å². The summed E-state index contributed by atoms with van der Waals surface area (Å²) in [6.07, 6.45) is 4.06. The predicted octanol–water partition coefficient (Wildman–Crippen LogP) is 3.81. The summed E-state index contributed by atoms with van der Waals surface area (Å²) in [7, 11) is 6.18. The van der Waals surface area contributed by atoms with Crippen LogP contribution in [0.5, 0.6) is 0 Å². The van der Waals surface area contributed by atoms with Crippen LogP contribution in [0.15, 0.2) is 24.3 Å². The smallest absolute Gasteiger partial charge is 0.300 e. The molecule has 0 amide bonds.